The zero-order valence-corrected chi connectivity index (χ0v) is 16.1. The molecule has 1 fully saturated rings. The highest BCUT2D eigenvalue weighted by Gasteiger charge is 2.55. The van der Waals surface area contributed by atoms with Gasteiger partial charge in [0.25, 0.3) is 5.92 Å². The number of urea groups is 1. The van der Waals surface area contributed by atoms with Gasteiger partial charge in [0.05, 0.1) is 6.54 Å². The van der Waals surface area contributed by atoms with Gasteiger partial charge in [-0.2, -0.15) is 5.10 Å². The Balaban J connectivity index is 1.82. The second-order valence-corrected chi connectivity index (χ2v) is 7.69. The van der Waals surface area contributed by atoms with Gasteiger partial charge in [-0.1, -0.05) is 23.4 Å². The van der Waals surface area contributed by atoms with E-state index in [1.165, 1.54) is 16.8 Å². The second kappa shape index (κ2) is 6.59. The van der Waals surface area contributed by atoms with Gasteiger partial charge in [0, 0.05) is 35.7 Å². The van der Waals surface area contributed by atoms with E-state index in [4.69, 9.17) is 17.3 Å². The van der Waals surface area contributed by atoms with Crippen LogP contribution in [0.4, 0.5) is 29.5 Å². The summed E-state index contributed by atoms with van der Waals surface area (Å²) in [7, 11) is 0. The first-order valence-corrected chi connectivity index (χ1v) is 9.28. The molecule has 1 saturated carbocycles. The fourth-order valence-corrected chi connectivity index (χ4v) is 3.43. The number of hydrogen-bond acceptors (Lipinski definition) is 3. The molecule has 1 atom stereocenters. The van der Waals surface area contributed by atoms with Crippen LogP contribution in [0.15, 0.2) is 18.2 Å². The molecule has 1 aromatic heterocycles. The first-order valence-electron chi connectivity index (χ1n) is 8.90. The number of nitrogen functional groups attached to an aromatic ring is 1. The van der Waals surface area contributed by atoms with Crippen molar-refractivity contribution in [3.63, 3.8) is 0 Å². The van der Waals surface area contributed by atoms with Gasteiger partial charge in [-0.15, -0.1) is 0 Å². The Morgan fingerprint density at radius 3 is 2.72 bits per heavy atom. The minimum atomic E-state index is -3.46. The molecule has 0 spiro atoms. The predicted octanol–water partition coefficient (Wildman–Crippen LogP) is 3.71. The molecule has 1 aliphatic carbocycles. The molecule has 0 bridgehead atoms. The van der Waals surface area contributed by atoms with E-state index >= 15 is 0 Å². The highest BCUT2D eigenvalue weighted by atomic mass is 35.5. The normalized spacial score (nSPS) is 20.9. The highest BCUT2D eigenvalue weighted by Crippen LogP contribution is 2.44. The lowest BCUT2D eigenvalue weighted by molar-refractivity contribution is -0.0465. The summed E-state index contributed by atoms with van der Waals surface area (Å²) < 4.78 is 45.6. The van der Waals surface area contributed by atoms with Crippen LogP contribution in [-0.2, 0) is 12.1 Å². The number of nitrogens with zero attached hydrogens (tertiary/aromatic N) is 2. The van der Waals surface area contributed by atoms with E-state index < -0.39 is 23.3 Å². The highest BCUT2D eigenvalue weighted by molar-refractivity contribution is 6.29. The number of nitrogens with one attached hydrogen (secondary N) is 2. The number of rotatable bonds is 3. The maximum atomic E-state index is 14.9. The summed E-state index contributed by atoms with van der Waals surface area (Å²) in [5.74, 6) is 1.27. The average Bonchev–Trinajstić information content (AvgIpc) is 3.38. The maximum absolute atomic E-state index is 14.9. The van der Waals surface area contributed by atoms with Gasteiger partial charge in [-0.25, -0.2) is 22.6 Å². The van der Waals surface area contributed by atoms with Crippen molar-refractivity contribution in [2.24, 2.45) is 5.92 Å². The van der Waals surface area contributed by atoms with E-state index in [1.54, 1.807) is 0 Å². The topological polar surface area (TPSA) is 85.0 Å². The quantitative estimate of drug-likeness (QED) is 0.658. The number of carbonyl (C=O) groups is 1. The van der Waals surface area contributed by atoms with Crippen LogP contribution in [-0.4, -0.2) is 21.7 Å². The Bertz CT molecular complexity index is 1060. The van der Waals surface area contributed by atoms with Crippen LogP contribution in [0.25, 0.3) is 0 Å². The minimum absolute atomic E-state index is 0.0148. The molecule has 0 radical (unpaired) electrons. The second-order valence-electron chi connectivity index (χ2n) is 7.30. The molecule has 2 aliphatic rings. The predicted molar refractivity (Wildman–Crippen MR) is 102 cm³/mol. The van der Waals surface area contributed by atoms with E-state index in [-0.39, 0.29) is 40.2 Å². The molecule has 0 saturated heterocycles. The molecule has 6 nitrogen and oxygen atoms in total. The molecule has 10 heteroatoms. The lowest BCUT2D eigenvalue weighted by Crippen LogP contribution is -2.59. The third-order valence-corrected chi connectivity index (χ3v) is 5.21. The maximum Gasteiger partial charge on any atom is 0.320 e. The van der Waals surface area contributed by atoms with E-state index in [0.717, 1.165) is 18.9 Å². The van der Waals surface area contributed by atoms with E-state index in [2.05, 4.69) is 27.6 Å². The average molecular weight is 424 g/mol. The Hall–Kier alpha value is -2.86. The molecule has 0 unspecified atom stereocenters. The third-order valence-electron chi connectivity index (χ3n) is 4.91. The summed E-state index contributed by atoms with van der Waals surface area (Å²) in [4.78, 5) is 12.2. The molecular weight excluding hydrogens is 407 g/mol. The van der Waals surface area contributed by atoms with Gasteiger partial charge in [0.15, 0.2) is 5.54 Å². The van der Waals surface area contributed by atoms with Crippen LogP contribution in [0.2, 0.25) is 5.15 Å². The van der Waals surface area contributed by atoms with Crippen molar-refractivity contribution in [2.75, 3.05) is 11.1 Å². The van der Waals surface area contributed by atoms with Crippen molar-refractivity contribution in [3.05, 3.63) is 40.3 Å². The van der Waals surface area contributed by atoms with Crippen LogP contribution in [0, 0.1) is 23.6 Å². The van der Waals surface area contributed by atoms with Crippen molar-refractivity contribution in [1.82, 2.24) is 15.1 Å². The van der Waals surface area contributed by atoms with Gasteiger partial charge in [-0.05, 0) is 25.0 Å². The van der Waals surface area contributed by atoms with Gasteiger partial charge in [-0.3, -0.25) is 0 Å². The molecule has 2 heterocycles. The van der Waals surface area contributed by atoms with Crippen LogP contribution < -0.4 is 16.4 Å². The number of fused-ring (bicyclic) bond motifs is 1. The third kappa shape index (κ3) is 3.49. The number of nitrogens with two attached hydrogens (primary N) is 1. The largest absolute Gasteiger partial charge is 0.382 e. The van der Waals surface area contributed by atoms with Gasteiger partial charge >= 0.3 is 6.03 Å². The van der Waals surface area contributed by atoms with Crippen molar-refractivity contribution in [3.8, 4) is 11.8 Å². The zero-order valence-electron chi connectivity index (χ0n) is 15.3. The Morgan fingerprint density at radius 1 is 1.41 bits per heavy atom. The van der Waals surface area contributed by atoms with Crippen LogP contribution in [0.3, 0.4) is 0 Å². The summed E-state index contributed by atoms with van der Waals surface area (Å²) in [5, 5.41) is 8.82. The van der Waals surface area contributed by atoms with E-state index in [0.29, 0.717) is 6.92 Å². The number of aromatic nitrogens is 2. The molecule has 29 heavy (non-hydrogen) atoms. The number of anilines is 2. The summed E-state index contributed by atoms with van der Waals surface area (Å²) in [6, 6.07) is 2.82. The minimum Gasteiger partial charge on any atom is -0.382 e. The number of hydrogen-bond donors (Lipinski definition) is 3. The lowest BCUT2D eigenvalue weighted by Gasteiger charge is -2.40. The number of alkyl halides is 2. The summed E-state index contributed by atoms with van der Waals surface area (Å²) in [6.07, 6.45) is 1.64. The van der Waals surface area contributed by atoms with Crippen molar-refractivity contribution in [1.29, 1.82) is 0 Å². The summed E-state index contributed by atoms with van der Waals surface area (Å²) in [6.45, 7) is 0.559. The first-order chi connectivity index (χ1) is 13.6. The van der Waals surface area contributed by atoms with E-state index in [1.807, 2.05) is 0 Å². The van der Waals surface area contributed by atoms with Gasteiger partial charge in [0.2, 0.25) is 0 Å². The molecular formula is C19H17ClF3N5O. The first kappa shape index (κ1) is 19.5. The molecule has 1 aliphatic heterocycles. The Labute approximate surface area is 169 Å². The summed E-state index contributed by atoms with van der Waals surface area (Å²) >= 11 is 6.00. The molecule has 152 valence electrons. The van der Waals surface area contributed by atoms with Crippen molar-refractivity contribution < 1.29 is 18.0 Å². The Morgan fingerprint density at radius 2 is 2.14 bits per heavy atom. The van der Waals surface area contributed by atoms with Crippen LogP contribution in [0.1, 0.15) is 30.9 Å². The lowest BCUT2D eigenvalue weighted by atomic mass is 9.81. The number of benzene rings is 1. The fourth-order valence-electron chi connectivity index (χ4n) is 3.22. The van der Waals surface area contributed by atoms with Gasteiger partial charge < -0.3 is 16.4 Å². The van der Waals surface area contributed by atoms with Crippen LogP contribution >= 0.6 is 11.6 Å². The Kier molecular flexibility index (Phi) is 4.42. The zero-order chi connectivity index (χ0) is 21.0. The monoisotopic (exact) mass is 423 g/mol. The smallest absolute Gasteiger partial charge is 0.320 e. The standard InChI is InChI=1S/C19H17ClF3N5O/c1-18(22,23)19(5-4-10-2-3-10)12-7-13(21)11(6-14(12)25-17(29)26-19)9-28-15(20)8-16(24)27-28/h6-8,10H,2-3,9H2,1H3,(H2,24,27)(H2,25,26,29)/t19-/m0/s1. The van der Waals surface area contributed by atoms with Gasteiger partial charge in [0.1, 0.15) is 16.8 Å². The van der Waals surface area contributed by atoms with Crippen molar-refractivity contribution in [2.45, 2.75) is 37.8 Å². The molecule has 2 amide bonds. The molecule has 4 rings (SSSR count). The number of carbonyl (C=O) groups excluding carboxylic acids is 1. The summed E-state index contributed by atoms with van der Waals surface area (Å²) in [5.41, 5.74) is 3.25. The fraction of sp³-hybridized carbons (Fsp3) is 0.368. The SMILES string of the molecule is CC(F)(F)[C@@]1(C#CC2CC2)NC(=O)Nc2cc(Cn3nc(N)cc3Cl)c(F)cc21. The number of amides is 2. The van der Waals surface area contributed by atoms with Crippen LogP contribution in [0.5, 0.6) is 0 Å². The number of halogens is 4. The van der Waals surface area contributed by atoms with E-state index in [9.17, 15) is 18.0 Å². The molecule has 4 N–H and O–H groups in total. The molecule has 1 aromatic carbocycles. The molecule has 2 aromatic rings. The van der Waals surface area contributed by atoms with Crippen molar-refractivity contribution >= 4 is 29.1 Å².